The number of nitrogens with zero attached hydrogens (tertiary/aromatic N) is 5. The Balaban J connectivity index is 1.44. The van der Waals surface area contributed by atoms with E-state index in [1.165, 1.54) is 0 Å². The summed E-state index contributed by atoms with van der Waals surface area (Å²) in [7, 11) is 1.86. The zero-order chi connectivity index (χ0) is 18.7. The summed E-state index contributed by atoms with van der Waals surface area (Å²) in [5.74, 6) is 0.813. The van der Waals surface area contributed by atoms with Crippen LogP contribution in [0.15, 0.2) is 6.33 Å². The average Bonchev–Trinajstić information content (AvgIpc) is 2.80. The van der Waals surface area contributed by atoms with Gasteiger partial charge < -0.3 is 15.0 Å². The molecule has 1 aliphatic carbocycles. The van der Waals surface area contributed by atoms with Gasteiger partial charge in [-0.2, -0.15) is 5.10 Å². The first kappa shape index (κ1) is 17.1. The number of fused-ring (bicyclic) bond motifs is 1. The molecule has 140 valence electrons. The molecule has 2 fully saturated rings. The third-order valence-electron chi connectivity index (χ3n) is 5.29. The summed E-state index contributed by atoms with van der Waals surface area (Å²) in [6.07, 6.45) is 3.40. The van der Waals surface area contributed by atoms with Crippen molar-refractivity contribution in [2.45, 2.75) is 52.2 Å². The summed E-state index contributed by atoms with van der Waals surface area (Å²) in [6.45, 7) is 9.22. The number of amides is 1. The van der Waals surface area contributed by atoms with E-state index in [1.807, 2.05) is 39.4 Å². The smallest absolute Gasteiger partial charge is 0.410 e. The van der Waals surface area contributed by atoms with E-state index in [2.05, 4.69) is 15.3 Å². The van der Waals surface area contributed by atoms with Crippen LogP contribution in [0.1, 0.15) is 45.3 Å². The minimum atomic E-state index is -0.446. The summed E-state index contributed by atoms with van der Waals surface area (Å²) in [4.78, 5) is 22.7. The van der Waals surface area contributed by atoms with Gasteiger partial charge in [-0.25, -0.2) is 19.4 Å². The zero-order valence-corrected chi connectivity index (χ0v) is 16.0. The summed E-state index contributed by atoms with van der Waals surface area (Å²) >= 11 is 0. The lowest BCUT2D eigenvalue weighted by molar-refractivity contribution is -0.0921. The SMILES string of the molecule is CNc1ncnc2c1c(C)nn2C1CC2(C1)CN(C(=O)OC(C)(C)C)C2. The molecule has 2 aromatic rings. The maximum absolute atomic E-state index is 12.1. The molecule has 0 radical (unpaired) electrons. The fraction of sp³-hybridized carbons (Fsp3) is 0.667. The molecule has 1 amide bonds. The highest BCUT2D eigenvalue weighted by Gasteiger charge is 2.55. The first-order valence-electron chi connectivity index (χ1n) is 9.07. The van der Waals surface area contributed by atoms with Crippen molar-refractivity contribution < 1.29 is 9.53 Å². The second kappa shape index (κ2) is 5.56. The number of aromatic nitrogens is 4. The summed E-state index contributed by atoms with van der Waals surface area (Å²) in [5.41, 5.74) is 1.59. The van der Waals surface area contributed by atoms with Gasteiger partial charge in [0, 0.05) is 25.6 Å². The van der Waals surface area contributed by atoms with Crippen molar-refractivity contribution in [3.05, 3.63) is 12.0 Å². The van der Waals surface area contributed by atoms with Crippen LogP contribution in [0.5, 0.6) is 0 Å². The van der Waals surface area contributed by atoms with Gasteiger partial charge in [-0.15, -0.1) is 0 Å². The second-order valence-electron chi connectivity index (χ2n) is 8.60. The van der Waals surface area contributed by atoms with E-state index in [4.69, 9.17) is 9.84 Å². The molecule has 1 N–H and O–H groups in total. The van der Waals surface area contributed by atoms with Gasteiger partial charge in [0.15, 0.2) is 5.65 Å². The van der Waals surface area contributed by atoms with Crippen LogP contribution in [0.4, 0.5) is 10.6 Å². The van der Waals surface area contributed by atoms with Crippen LogP contribution >= 0.6 is 0 Å². The lowest BCUT2D eigenvalue weighted by Gasteiger charge is -2.58. The molecule has 3 heterocycles. The van der Waals surface area contributed by atoms with E-state index in [-0.39, 0.29) is 11.5 Å². The Hall–Kier alpha value is -2.38. The standard InChI is InChI=1S/C18H26N6O2/c1-11-13-14(19-5)20-10-21-15(13)24(22-11)12-6-18(7-12)8-23(9-18)16(25)26-17(2,3)4/h10,12H,6-9H2,1-5H3,(H,19,20,21). The van der Waals surface area contributed by atoms with Gasteiger partial charge in [0.1, 0.15) is 17.7 Å². The molecule has 0 atom stereocenters. The number of carbonyl (C=O) groups excluding carboxylic acids is 1. The van der Waals surface area contributed by atoms with Crippen molar-refractivity contribution in [1.29, 1.82) is 0 Å². The number of ether oxygens (including phenoxy) is 1. The molecule has 0 bridgehead atoms. The Bertz CT molecular complexity index is 854. The van der Waals surface area contributed by atoms with Crippen molar-refractivity contribution in [2.24, 2.45) is 5.41 Å². The van der Waals surface area contributed by atoms with Gasteiger partial charge in [0.25, 0.3) is 0 Å². The van der Waals surface area contributed by atoms with Crippen LogP contribution in [0, 0.1) is 12.3 Å². The van der Waals surface area contributed by atoms with Gasteiger partial charge in [0.05, 0.1) is 17.1 Å². The summed E-state index contributed by atoms with van der Waals surface area (Å²) < 4.78 is 7.48. The molecule has 2 aliphatic rings. The lowest BCUT2D eigenvalue weighted by atomic mass is 9.61. The van der Waals surface area contributed by atoms with Crippen LogP contribution < -0.4 is 5.32 Å². The molecule has 26 heavy (non-hydrogen) atoms. The van der Waals surface area contributed by atoms with Crippen LogP contribution in [-0.2, 0) is 4.74 Å². The molecule has 8 heteroatoms. The molecule has 2 aromatic heterocycles. The van der Waals surface area contributed by atoms with E-state index >= 15 is 0 Å². The molecular weight excluding hydrogens is 332 g/mol. The predicted octanol–water partition coefficient (Wildman–Crippen LogP) is 2.75. The van der Waals surface area contributed by atoms with Crippen LogP contribution in [0.3, 0.4) is 0 Å². The predicted molar refractivity (Wildman–Crippen MR) is 98.1 cm³/mol. The third-order valence-corrected chi connectivity index (χ3v) is 5.29. The number of hydrogen-bond donors (Lipinski definition) is 1. The first-order valence-corrected chi connectivity index (χ1v) is 9.07. The highest BCUT2D eigenvalue weighted by Crippen LogP contribution is 2.54. The van der Waals surface area contributed by atoms with Gasteiger partial charge in [-0.05, 0) is 40.5 Å². The summed E-state index contributed by atoms with van der Waals surface area (Å²) in [5, 5.41) is 8.81. The number of nitrogens with one attached hydrogen (secondary N) is 1. The third kappa shape index (κ3) is 2.68. The Morgan fingerprint density at radius 1 is 1.31 bits per heavy atom. The first-order chi connectivity index (χ1) is 12.2. The Morgan fingerprint density at radius 2 is 2.00 bits per heavy atom. The van der Waals surface area contributed by atoms with E-state index in [9.17, 15) is 4.79 Å². The molecule has 8 nitrogen and oxygen atoms in total. The van der Waals surface area contributed by atoms with Crippen molar-refractivity contribution in [2.75, 3.05) is 25.5 Å². The van der Waals surface area contributed by atoms with Crippen molar-refractivity contribution >= 4 is 22.9 Å². The molecule has 0 aromatic carbocycles. The van der Waals surface area contributed by atoms with E-state index in [0.29, 0.717) is 6.04 Å². The monoisotopic (exact) mass is 358 g/mol. The maximum Gasteiger partial charge on any atom is 0.410 e. The zero-order valence-electron chi connectivity index (χ0n) is 16.0. The topological polar surface area (TPSA) is 85.2 Å². The Morgan fingerprint density at radius 3 is 2.62 bits per heavy atom. The second-order valence-corrected chi connectivity index (χ2v) is 8.60. The number of hydrogen-bond acceptors (Lipinski definition) is 6. The number of anilines is 1. The molecular formula is C18H26N6O2. The minimum absolute atomic E-state index is 0.210. The molecule has 4 rings (SSSR count). The van der Waals surface area contributed by atoms with Gasteiger partial charge in [-0.1, -0.05) is 0 Å². The average molecular weight is 358 g/mol. The van der Waals surface area contributed by atoms with Crippen LogP contribution in [0.25, 0.3) is 11.0 Å². The normalized spacial score (nSPS) is 19.3. The van der Waals surface area contributed by atoms with Crippen molar-refractivity contribution in [1.82, 2.24) is 24.6 Å². The maximum atomic E-state index is 12.1. The Kier molecular flexibility index (Phi) is 3.65. The molecule has 1 aliphatic heterocycles. The number of carbonyl (C=O) groups is 1. The van der Waals surface area contributed by atoms with Crippen LogP contribution in [0.2, 0.25) is 0 Å². The molecule has 1 spiro atoms. The van der Waals surface area contributed by atoms with Gasteiger partial charge >= 0.3 is 6.09 Å². The number of aryl methyl sites for hydroxylation is 1. The van der Waals surface area contributed by atoms with Crippen LogP contribution in [-0.4, -0.2) is 56.5 Å². The largest absolute Gasteiger partial charge is 0.444 e. The van der Waals surface area contributed by atoms with E-state index in [1.54, 1.807) is 11.2 Å². The fourth-order valence-electron chi connectivity index (χ4n) is 4.18. The number of likely N-dealkylation sites (tertiary alicyclic amines) is 1. The van der Waals surface area contributed by atoms with Gasteiger partial charge in [0.2, 0.25) is 0 Å². The lowest BCUT2D eigenvalue weighted by Crippen LogP contribution is -2.64. The van der Waals surface area contributed by atoms with E-state index < -0.39 is 5.60 Å². The quantitative estimate of drug-likeness (QED) is 0.888. The number of rotatable bonds is 2. The highest BCUT2D eigenvalue weighted by molar-refractivity contribution is 5.89. The van der Waals surface area contributed by atoms with Crippen molar-refractivity contribution in [3.63, 3.8) is 0 Å². The van der Waals surface area contributed by atoms with Crippen molar-refractivity contribution in [3.8, 4) is 0 Å². The fourth-order valence-corrected chi connectivity index (χ4v) is 4.18. The molecule has 1 saturated carbocycles. The van der Waals surface area contributed by atoms with E-state index in [0.717, 1.165) is 48.5 Å². The molecule has 0 unspecified atom stereocenters. The van der Waals surface area contributed by atoms with Gasteiger partial charge in [-0.3, -0.25) is 0 Å². The Labute approximate surface area is 152 Å². The molecule has 1 saturated heterocycles. The summed E-state index contributed by atoms with van der Waals surface area (Å²) in [6, 6.07) is 0.326. The minimum Gasteiger partial charge on any atom is -0.444 e. The highest BCUT2D eigenvalue weighted by atomic mass is 16.6.